The molecule has 0 spiro atoms. The van der Waals surface area contributed by atoms with Gasteiger partial charge in [0.25, 0.3) is 16.1 Å². The molecule has 0 N–H and O–H groups in total. The van der Waals surface area contributed by atoms with E-state index in [-0.39, 0.29) is 5.91 Å². The summed E-state index contributed by atoms with van der Waals surface area (Å²) in [7, 11) is -3.42. The summed E-state index contributed by atoms with van der Waals surface area (Å²) in [6.45, 7) is 6.12. The van der Waals surface area contributed by atoms with Gasteiger partial charge in [0.2, 0.25) is 0 Å². The smallest absolute Gasteiger partial charge is 0.282 e. The van der Waals surface area contributed by atoms with Crippen molar-refractivity contribution in [1.29, 1.82) is 0 Å². The summed E-state index contributed by atoms with van der Waals surface area (Å²) < 4.78 is 28.0. The molecule has 0 bridgehead atoms. The second-order valence-corrected chi connectivity index (χ2v) is 8.71. The lowest BCUT2D eigenvalue weighted by molar-refractivity contribution is 0.0694. The van der Waals surface area contributed by atoms with Gasteiger partial charge in [0.15, 0.2) is 0 Å². The molecule has 0 unspecified atom stereocenters. The van der Waals surface area contributed by atoms with Crippen molar-refractivity contribution in [2.75, 3.05) is 45.5 Å². The molecule has 6 nitrogen and oxygen atoms in total. The van der Waals surface area contributed by atoms with E-state index >= 15 is 0 Å². The SMILES string of the molecule is CCN(CC)S(=O)(=O)N1CCN(C(=O)c2ccc(CSC)cc2)CC1. The van der Waals surface area contributed by atoms with Crippen molar-refractivity contribution in [3.8, 4) is 0 Å². The molecule has 0 atom stereocenters. The van der Waals surface area contributed by atoms with Crippen LogP contribution in [0.15, 0.2) is 24.3 Å². The van der Waals surface area contributed by atoms with Gasteiger partial charge in [0.05, 0.1) is 0 Å². The zero-order valence-corrected chi connectivity index (χ0v) is 16.8. The second-order valence-electron chi connectivity index (χ2n) is 5.91. The highest BCUT2D eigenvalue weighted by Crippen LogP contribution is 2.16. The molecule has 1 fully saturated rings. The number of piperazine rings is 1. The molecule has 0 aliphatic carbocycles. The van der Waals surface area contributed by atoms with Gasteiger partial charge in [-0.05, 0) is 24.0 Å². The molecular formula is C17H27N3O3S2. The average molecular weight is 386 g/mol. The third kappa shape index (κ3) is 4.75. The number of amides is 1. The summed E-state index contributed by atoms with van der Waals surface area (Å²) in [5, 5.41) is 0. The molecule has 2 rings (SSSR count). The van der Waals surface area contributed by atoms with Crippen molar-refractivity contribution in [3.05, 3.63) is 35.4 Å². The maximum atomic E-state index is 12.6. The van der Waals surface area contributed by atoms with E-state index < -0.39 is 10.2 Å². The lowest BCUT2D eigenvalue weighted by Gasteiger charge is -2.36. The zero-order chi connectivity index (χ0) is 18.4. The van der Waals surface area contributed by atoms with E-state index in [9.17, 15) is 13.2 Å². The van der Waals surface area contributed by atoms with Crippen LogP contribution in [0, 0.1) is 0 Å². The number of carbonyl (C=O) groups excluding carboxylic acids is 1. The molecule has 140 valence electrons. The van der Waals surface area contributed by atoms with Crippen LogP contribution < -0.4 is 0 Å². The summed E-state index contributed by atoms with van der Waals surface area (Å²) >= 11 is 1.74. The van der Waals surface area contributed by atoms with Crippen LogP contribution in [-0.2, 0) is 16.0 Å². The van der Waals surface area contributed by atoms with Gasteiger partial charge >= 0.3 is 0 Å². The lowest BCUT2D eigenvalue weighted by Crippen LogP contribution is -2.54. The fraction of sp³-hybridized carbons (Fsp3) is 0.588. The minimum atomic E-state index is -3.42. The van der Waals surface area contributed by atoms with Crippen LogP contribution in [-0.4, -0.2) is 73.4 Å². The Labute approximate surface area is 155 Å². The second kappa shape index (κ2) is 9.02. The average Bonchev–Trinajstić information content (AvgIpc) is 2.63. The van der Waals surface area contributed by atoms with Crippen LogP contribution in [0.4, 0.5) is 0 Å². The molecule has 0 saturated carbocycles. The molecule has 1 saturated heterocycles. The molecule has 0 radical (unpaired) electrons. The first kappa shape index (κ1) is 20.2. The molecular weight excluding hydrogens is 358 g/mol. The molecule has 1 aromatic rings. The zero-order valence-electron chi connectivity index (χ0n) is 15.1. The monoisotopic (exact) mass is 385 g/mol. The van der Waals surface area contributed by atoms with Gasteiger partial charge in [-0.1, -0.05) is 26.0 Å². The topological polar surface area (TPSA) is 60.9 Å². The van der Waals surface area contributed by atoms with Crippen molar-refractivity contribution in [2.45, 2.75) is 19.6 Å². The predicted molar refractivity (Wildman–Crippen MR) is 103 cm³/mol. The van der Waals surface area contributed by atoms with E-state index in [1.807, 2.05) is 44.4 Å². The highest BCUT2D eigenvalue weighted by atomic mass is 32.2. The fourth-order valence-electron chi connectivity index (χ4n) is 2.93. The van der Waals surface area contributed by atoms with Crippen molar-refractivity contribution in [3.63, 3.8) is 0 Å². The van der Waals surface area contributed by atoms with Crippen LogP contribution in [0.5, 0.6) is 0 Å². The molecule has 1 aromatic carbocycles. The number of hydrogen-bond donors (Lipinski definition) is 0. The van der Waals surface area contributed by atoms with E-state index in [0.29, 0.717) is 44.8 Å². The number of carbonyl (C=O) groups is 1. The van der Waals surface area contributed by atoms with Gasteiger partial charge in [-0.25, -0.2) is 0 Å². The molecule has 1 aliphatic heterocycles. The minimum Gasteiger partial charge on any atom is -0.336 e. The Hall–Kier alpha value is -1.09. The largest absolute Gasteiger partial charge is 0.336 e. The quantitative estimate of drug-likeness (QED) is 0.719. The summed E-state index contributed by atoms with van der Waals surface area (Å²) in [4.78, 5) is 14.3. The Morgan fingerprint density at radius 2 is 1.64 bits per heavy atom. The summed E-state index contributed by atoms with van der Waals surface area (Å²) in [5.74, 6) is 0.895. The molecule has 25 heavy (non-hydrogen) atoms. The van der Waals surface area contributed by atoms with E-state index in [4.69, 9.17) is 0 Å². The molecule has 0 aromatic heterocycles. The van der Waals surface area contributed by atoms with E-state index in [2.05, 4.69) is 0 Å². The molecule has 1 amide bonds. The predicted octanol–water partition coefficient (Wildman–Crippen LogP) is 1.89. The molecule has 1 aliphatic rings. The van der Waals surface area contributed by atoms with Gasteiger partial charge in [-0.15, -0.1) is 0 Å². The summed E-state index contributed by atoms with van der Waals surface area (Å²) in [6, 6.07) is 7.66. The van der Waals surface area contributed by atoms with Crippen LogP contribution in [0.3, 0.4) is 0 Å². The Balaban J connectivity index is 1.98. The van der Waals surface area contributed by atoms with E-state index in [1.54, 1.807) is 16.7 Å². The Morgan fingerprint density at radius 1 is 1.08 bits per heavy atom. The van der Waals surface area contributed by atoms with Gasteiger partial charge < -0.3 is 4.90 Å². The van der Waals surface area contributed by atoms with Crippen molar-refractivity contribution < 1.29 is 13.2 Å². The highest BCUT2D eigenvalue weighted by molar-refractivity contribution is 7.97. The first-order valence-electron chi connectivity index (χ1n) is 8.56. The third-order valence-corrected chi connectivity index (χ3v) is 7.20. The fourth-order valence-corrected chi connectivity index (χ4v) is 5.06. The number of benzene rings is 1. The van der Waals surface area contributed by atoms with Gasteiger partial charge in [0, 0.05) is 50.6 Å². The number of rotatable bonds is 7. The molecule has 8 heteroatoms. The van der Waals surface area contributed by atoms with E-state index in [1.165, 1.54) is 14.2 Å². The molecule has 1 heterocycles. The first-order valence-corrected chi connectivity index (χ1v) is 11.4. The maximum Gasteiger partial charge on any atom is 0.282 e. The van der Waals surface area contributed by atoms with Crippen LogP contribution in [0.2, 0.25) is 0 Å². The number of thioether (sulfide) groups is 1. The first-order chi connectivity index (χ1) is 11.9. The maximum absolute atomic E-state index is 12.6. The lowest BCUT2D eigenvalue weighted by atomic mass is 10.1. The van der Waals surface area contributed by atoms with Crippen LogP contribution >= 0.6 is 11.8 Å². The van der Waals surface area contributed by atoms with Crippen molar-refractivity contribution >= 4 is 27.9 Å². The van der Waals surface area contributed by atoms with Gasteiger partial charge in [-0.2, -0.15) is 28.8 Å². The normalized spacial score (nSPS) is 16.4. The van der Waals surface area contributed by atoms with Gasteiger partial charge in [-0.3, -0.25) is 4.79 Å². The summed E-state index contributed by atoms with van der Waals surface area (Å²) in [6.07, 6.45) is 2.05. The Kier molecular flexibility index (Phi) is 7.30. The van der Waals surface area contributed by atoms with Crippen LogP contribution in [0.25, 0.3) is 0 Å². The standard InChI is InChI=1S/C17H27N3O3S2/c1-4-19(5-2)25(22,23)20-12-10-18(11-13-20)17(21)16-8-6-15(7-9-16)14-24-3/h6-9H,4-5,10-14H2,1-3H3. The van der Waals surface area contributed by atoms with Crippen molar-refractivity contribution in [1.82, 2.24) is 13.5 Å². The van der Waals surface area contributed by atoms with Crippen LogP contribution in [0.1, 0.15) is 29.8 Å². The highest BCUT2D eigenvalue weighted by Gasteiger charge is 2.32. The van der Waals surface area contributed by atoms with E-state index in [0.717, 1.165) is 5.75 Å². The summed E-state index contributed by atoms with van der Waals surface area (Å²) in [5.41, 5.74) is 1.85. The Bertz CT molecular complexity index is 665. The number of hydrogen-bond acceptors (Lipinski definition) is 4. The minimum absolute atomic E-state index is 0.0319. The Morgan fingerprint density at radius 3 is 2.12 bits per heavy atom. The third-order valence-electron chi connectivity index (χ3n) is 4.40. The van der Waals surface area contributed by atoms with Crippen molar-refractivity contribution in [2.24, 2.45) is 0 Å². The van der Waals surface area contributed by atoms with Gasteiger partial charge in [0.1, 0.15) is 0 Å². The number of nitrogens with zero attached hydrogens (tertiary/aromatic N) is 3.